The van der Waals surface area contributed by atoms with Crippen molar-refractivity contribution in [2.75, 3.05) is 20.1 Å². The zero-order valence-corrected chi connectivity index (χ0v) is 20.2. The SMILES string of the molecule is CN=C(NCCc1c(C)noc1C)NCCC(c1ccccc1)c1ccccc1.I. The van der Waals surface area contributed by atoms with Crippen molar-refractivity contribution in [3.8, 4) is 0 Å². The summed E-state index contributed by atoms with van der Waals surface area (Å²) in [7, 11) is 1.80. The van der Waals surface area contributed by atoms with Gasteiger partial charge in [0.1, 0.15) is 5.76 Å². The van der Waals surface area contributed by atoms with E-state index in [1.165, 1.54) is 16.7 Å². The van der Waals surface area contributed by atoms with Crippen LogP contribution in [-0.2, 0) is 6.42 Å². The number of halogens is 1. The maximum absolute atomic E-state index is 5.23. The fourth-order valence-electron chi connectivity index (χ4n) is 3.62. The molecule has 160 valence electrons. The molecule has 0 aliphatic heterocycles. The highest BCUT2D eigenvalue weighted by atomic mass is 127. The molecule has 0 spiro atoms. The standard InChI is InChI=1S/C24H30N4O.HI/c1-18-22(19(2)29-28-18)14-16-26-24(25-3)27-17-15-23(20-10-6-4-7-11-20)21-12-8-5-9-13-21;/h4-13,23H,14-17H2,1-3H3,(H2,25,26,27);1H. The van der Waals surface area contributed by atoms with E-state index in [0.717, 1.165) is 43.3 Å². The molecule has 0 atom stereocenters. The van der Waals surface area contributed by atoms with Gasteiger partial charge in [0.15, 0.2) is 5.96 Å². The first-order valence-electron chi connectivity index (χ1n) is 10.1. The van der Waals surface area contributed by atoms with Crippen molar-refractivity contribution in [1.29, 1.82) is 0 Å². The third-order valence-corrected chi connectivity index (χ3v) is 5.20. The molecule has 0 bridgehead atoms. The summed E-state index contributed by atoms with van der Waals surface area (Å²) < 4.78 is 5.23. The Hall–Kier alpha value is -2.35. The second-order valence-corrected chi connectivity index (χ2v) is 7.14. The van der Waals surface area contributed by atoms with E-state index in [0.29, 0.717) is 5.92 Å². The van der Waals surface area contributed by atoms with Gasteiger partial charge in [-0.25, -0.2) is 0 Å². The smallest absolute Gasteiger partial charge is 0.190 e. The van der Waals surface area contributed by atoms with E-state index in [1.807, 2.05) is 13.8 Å². The lowest BCUT2D eigenvalue weighted by atomic mass is 9.88. The Morgan fingerprint density at radius 2 is 1.50 bits per heavy atom. The Labute approximate surface area is 196 Å². The van der Waals surface area contributed by atoms with Crippen LogP contribution in [0.2, 0.25) is 0 Å². The second-order valence-electron chi connectivity index (χ2n) is 7.14. The summed E-state index contributed by atoms with van der Waals surface area (Å²) in [6, 6.07) is 21.4. The molecule has 0 aliphatic rings. The summed E-state index contributed by atoms with van der Waals surface area (Å²) in [5.74, 6) is 2.06. The van der Waals surface area contributed by atoms with Gasteiger partial charge < -0.3 is 15.2 Å². The average molecular weight is 518 g/mol. The molecule has 3 aromatic rings. The summed E-state index contributed by atoms with van der Waals surface area (Å²) in [5.41, 5.74) is 4.80. The van der Waals surface area contributed by atoms with E-state index >= 15 is 0 Å². The molecule has 0 aliphatic carbocycles. The van der Waals surface area contributed by atoms with E-state index in [9.17, 15) is 0 Å². The van der Waals surface area contributed by atoms with Crippen molar-refractivity contribution in [2.24, 2.45) is 4.99 Å². The van der Waals surface area contributed by atoms with Crippen molar-refractivity contribution >= 4 is 29.9 Å². The minimum Gasteiger partial charge on any atom is -0.361 e. The summed E-state index contributed by atoms with van der Waals surface area (Å²) in [6.07, 6.45) is 1.84. The third-order valence-electron chi connectivity index (χ3n) is 5.20. The van der Waals surface area contributed by atoms with E-state index in [2.05, 4.69) is 81.4 Å². The lowest BCUT2D eigenvalue weighted by Gasteiger charge is -2.19. The number of aryl methyl sites for hydroxylation is 2. The highest BCUT2D eigenvalue weighted by Crippen LogP contribution is 2.27. The van der Waals surface area contributed by atoms with Crippen molar-refractivity contribution < 1.29 is 4.52 Å². The molecule has 2 N–H and O–H groups in total. The topological polar surface area (TPSA) is 62.5 Å². The van der Waals surface area contributed by atoms with Gasteiger partial charge in [-0.3, -0.25) is 4.99 Å². The van der Waals surface area contributed by atoms with Gasteiger partial charge in [0.05, 0.1) is 5.69 Å². The number of rotatable bonds is 8. The molecular formula is C24H31IN4O. The number of hydrogen-bond donors (Lipinski definition) is 2. The Bertz CT molecular complexity index is 850. The largest absolute Gasteiger partial charge is 0.361 e. The highest BCUT2D eigenvalue weighted by Gasteiger charge is 2.14. The molecule has 0 amide bonds. The minimum atomic E-state index is 0. The second kappa shape index (κ2) is 12.4. The zero-order valence-electron chi connectivity index (χ0n) is 17.9. The lowest BCUT2D eigenvalue weighted by Crippen LogP contribution is -2.39. The van der Waals surface area contributed by atoms with Crippen molar-refractivity contribution in [1.82, 2.24) is 15.8 Å². The van der Waals surface area contributed by atoms with Crippen LogP contribution in [0.4, 0.5) is 0 Å². The van der Waals surface area contributed by atoms with Crippen LogP contribution in [0.25, 0.3) is 0 Å². The lowest BCUT2D eigenvalue weighted by molar-refractivity contribution is 0.392. The molecule has 0 saturated carbocycles. The van der Waals surface area contributed by atoms with Crippen molar-refractivity contribution in [3.63, 3.8) is 0 Å². The van der Waals surface area contributed by atoms with Crippen LogP contribution in [0.15, 0.2) is 70.2 Å². The van der Waals surface area contributed by atoms with E-state index in [4.69, 9.17) is 4.52 Å². The van der Waals surface area contributed by atoms with Crippen LogP contribution in [0.1, 0.15) is 40.5 Å². The summed E-state index contributed by atoms with van der Waals surface area (Å²) in [6.45, 7) is 5.55. The van der Waals surface area contributed by atoms with E-state index in [-0.39, 0.29) is 24.0 Å². The first kappa shape index (κ1) is 23.9. The molecule has 0 saturated heterocycles. The summed E-state index contributed by atoms with van der Waals surface area (Å²) in [4.78, 5) is 4.35. The van der Waals surface area contributed by atoms with Crippen molar-refractivity contribution in [3.05, 3.63) is 88.8 Å². The fraction of sp³-hybridized carbons (Fsp3) is 0.333. The van der Waals surface area contributed by atoms with Crippen LogP contribution in [0.3, 0.4) is 0 Å². The zero-order chi connectivity index (χ0) is 20.5. The number of benzene rings is 2. The molecule has 1 heterocycles. The van der Waals surface area contributed by atoms with Gasteiger partial charge >= 0.3 is 0 Å². The monoisotopic (exact) mass is 518 g/mol. The minimum absolute atomic E-state index is 0. The average Bonchev–Trinajstić information content (AvgIpc) is 3.08. The summed E-state index contributed by atoms with van der Waals surface area (Å²) in [5, 5.41) is 10.8. The van der Waals surface area contributed by atoms with Crippen LogP contribution in [0.5, 0.6) is 0 Å². The molecule has 5 nitrogen and oxygen atoms in total. The Morgan fingerprint density at radius 3 is 2.00 bits per heavy atom. The van der Waals surface area contributed by atoms with Crippen LogP contribution < -0.4 is 10.6 Å². The van der Waals surface area contributed by atoms with Crippen LogP contribution in [0, 0.1) is 13.8 Å². The summed E-state index contributed by atoms with van der Waals surface area (Å²) >= 11 is 0. The number of aromatic nitrogens is 1. The molecule has 0 radical (unpaired) electrons. The van der Waals surface area contributed by atoms with Gasteiger partial charge in [-0.05, 0) is 37.8 Å². The predicted octanol–water partition coefficient (Wildman–Crippen LogP) is 4.84. The first-order chi connectivity index (χ1) is 14.2. The molecule has 3 rings (SSSR count). The van der Waals surface area contributed by atoms with Crippen molar-refractivity contribution in [2.45, 2.75) is 32.6 Å². The normalized spacial score (nSPS) is 11.3. The quantitative estimate of drug-likeness (QED) is 0.255. The molecule has 0 unspecified atom stereocenters. The van der Waals surface area contributed by atoms with Gasteiger partial charge in [-0.2, -0.15) is 0 Å². The van der Waals surface area contributed by atoms with Crippen LogP contribution in [-0.4, -0.2) is 31.3 Å². The number of guanidine groups is 1. The van der Waals surface area contributed by atoms with Crippen LogP contribution >= 0.6 is 24.0 Å². The predicted molar refractivity (Wildman–Crippen MR) is 134 cm³/mol. The fourth-order valence-corrected chi connectivity index (χ4v) is 3.62. The third kappa shape index (κ3) is 6.58. The number of nitrogens with zero attached hydrogens (tertiary/aromatic N) is 2. The molecule has 2 aromatic carbocycles. The molecule has 6 heteroatoms. The molecule has 0 fully saturated rings. The van der Waals surface area contributed by atoms with Gasteiger partial charge in [0, 0.05) is 31.6 Å². The molecular weight excluding hydrogens is 487 g/mol. The van der Waals surface area contributed by atoms with Gasteiger partial charge in [-0.15, -0.1) is 24.0 Å². The molecule has 1 aromatic heterocycles. The van der Waals surface area contributed by atoms with E-state index in [1.54, 1.807) is 7.05 Å². The van der Waals surface area contributed by atoms with Gasteiger partial charge in [0.25, 0.3) is 0 Å². The highest BCUT2D eigenvalue weighted by molar-refractivity contribution is 14.0. The number of nitrogens with one attached hydrogen (secondary N) is 2. The maximum Gasteiger partial charge on any atom is 0.190 e. The number of hydrogen-bond acceptors (Lipinski definition) is 3. The Balaban J connectivity index is 0.00000320. The number of aliphatic imine (C=N–C) groups is 1. The molecule has 30 heavy (non-hydrogen) atoms. The van der Waals surface area contributed by atoms with Gasteiger partial charge in [0.2, 0.25) is 0 Å². The first-order valence-corrected chi connectivity index (χ1v) is 10.1. The van der Waals surface area contributed by atoms with E-state index < -0.39 is 0 Å². The van der Waals surface area contributed by atoms with Gasteiger partial charge in [-0.1, -0.05) is 65.8 Å². The Kier molecular flexibility index (Phi) is 9.86. The Morgan fingerprint density at radius 1 is 0.933 bits per heavy atom. The maximum atomic E-state index is 5.23.